The van der Waals surface area contributed by atoms with E-state index < -0.39 is 0 Å². The number of carbonyl (C=O) groups is 4. The van der Waals surface area contributed by atoms with Gasteiger partial charge in [0.25, 0.3) is 0 Å². The fraction of sp³-hybridized carbons (Fsp3) is 0.463. The molecule has 6 nitrogen and oxygen atoms in total. The summed E-state index contributed by atoms with van der Waals surface area (Å²) in [6, 6.07) is 23.6. The molecule has 0 heterocycles. The van der Waals surface area contributed by atoms with E-state index >= 15 is 0 Å². The van der Waals surface area contributed by atoms with Crippen LogP contribution in [0, 0.1) is 18.8 Å². The monoisotopic (exact) mass is 640 g/mol. The molecule has 0 spiro atoms. The molecule has 3 aliphatic carbocycles. The molecule has 2 N–H and O–H groups in total. The molecule has 0 aromatic heterocycles. The molecule has 0 bridgehead atoms. The first-order valence-electron chi connectivity index (χ1n) is 17.0. The van der Waals surface area contributed by atoms with Crippen LogP contribution in [-0.4, -0.2) is 47.7 Å². The lowest BCUT2D eigenvalue weighted by Gasteiger charge is -2.21. The smallest absolute Gasteiger partial charge is 0.171 e. The Morgan fingerprint density at radius 1 is 0.681 bits per heavy atom. The van der Waals surface area contributed by atoms with Crippen molar-refractivity contribution in [2.45, 2.75) is 92.9 Å². The van der Waals surface area contributed by atoms with E-state index in [-0.39, 0.29) is 55.2 Å². The van der Waals surface area contributed by atoms with Gasteiger partial charge in [0.15, 0.2) is 11.6 Å². The predicted octanol–water partition coefficient (Wildman–Crippen LogP) is 8.72. The summed E-state index contributed by atoms with van der Waals surface area (Å²) in [4.78, 5) is 47.0. The molecular weight excluding hydrogens is 584 g/mol. The molecular formula is C41H56N2O4. The highest BCUT2D eigenvalue weighted by Gasteiger charge is 2.42. The van der Waals surface area contributed by atoms with E-state index in [1.807, 2.05) is 12.1 Å². The SMILES string of the molecule is C.CCCCN(CC)CC.Cc1ccc(Cc2ccc(N)cc2)cc1.O=C1CC(=O)C2CCCCC12.O=C1CC(=O)c2ccccc21. The Bertz CT molecular complexity index is 1330. The van der Waals surface area contributed by atoms with Gasteiger partial charge >= 0.3 is 0 Å². The van der Waals surface area contributed by atoms with Crippen molar-refractivity contribution >= 4 is 28.8 Å². The number of benzene rings is 3. The van der Waals surface area contributed by atoms with E-state index in [4.69, 9.17) is 5.73 Å². The number of rotatable bonds is 7. The summed E-state index contributed by atoms with van der Waals surface area (Å²) >= 11 is 0. The molecule has 0 saturated heterocycles. The quantitative estimate of drug-likeness (QED) is 0.205. The van der Waals surface area contributed by atoms with Crippen LogP contribution in [-0.2, 0) is 16.0 Å². The summed E-state index contributed by atoms with van der Waals surface area (Å²) in [6.07, 6.45) is 8.14. The number of ketones is 4. The van der Waals surface area contributed by atoms with E-state index in [9.17, 15) is 19.2 Å². The maximum absolute atomic E-state index is 11.2. The molecule has 2 fully saturated rings. The predicted molar refractivity (Wildman–Crippen MR) is 194 cm³/mol. The summed E-state index contributed by atoms with van der Waals surface area (Å²) in [6.45, 7) is 12.5. The maximum Gasteiger partial charge on any atom is 0.171 e. The van der Waals surface area contributed by atoms with Gasteiger partial charge < -0.3 is 10.6 Å². The number of nitrogen functional groups attached to an aromatic ring is 1. The minimum Gasteiger partial charge on any atom is -0.399 e. The topological polar surface area (TPSA) is 97.5 Å². The number of fused-ring (bicyclic) bond motifs is 2. The van der Waals surface area contributed by atoms with Crippen LogP contribution in [0.15, 0.2) is 72.8 Å². The van der Waals surface area contributed by atoms with Crippen LogP contribution in [0.25, 0.3) is 0 Å². The van der Waals surface area contributed by atoms with Gasteiger partial charge in [-0.25, -0.2) is 0 Å². The summed E-state index contributed by atoms with van der Waals surface area (Å²) in [5.41, 5.74) is 11.6. The Balaban J connectivity index is 0.000000220. The Labute approximate surface area is 283 Å². The molecule has 0 amide bonds. The van der Waals surface area contributed by atoms with Crippen molar-refractivity contribution in [3.63, 3.8) is 0 Å². The summed E-state index contributed by atoms with van der Waals surface area (Å²) in [5, 5.41) is 0. The van der Waals surface area contributed by atoms with Crippen LogP contribution >= 0.6 is 0 Å². The number of aryl methyl sites for hydroxylation is 1. The number of carbonyl (C=O) groups excluding carboxylic acids is 4. The minimum atomic E-state index is -0.0504. The fourth-order valence-electron chi connectivity index (χ4n) is 6.14. The number of unbranched alkanes of at least 4 members (excludes halogenated alkanes) is 1. The van der Waals surface area contributed by atoms with Gasteiger partial charge in [-0.3, -0.25) is 19.2 Å². The molecule has 6 rings (SSSR count). The summed E-state index contributed by atoms with van der Waals surface area (Å²) in [7, 11) is 0. The second-order valence-corrected chi connectivity index (χ2v) is 12.5. The second-order valence-electron chi connectivity index (χ2n) is 12.5. The Kier molecular flexibility index (Phi) is 17.0. The Hall–Kier alpha value is -3.90. The van der Waals surface area contributed by atoms with Crippen molar-refractivity contribution in [3.8, 4) is 0 Å². The van der Waals surface area contributed by atoms with Crippen molar-refractivity contribution in [3.05, 3.63) is 101 Å². The molecule has 47 heavy (non-hydrogen) atoms. The van der Waals surface area contributed by atoms with Crippen molar-refractivity contribution in [2.24, 2.45) is 11.8 Å². The Morgan fingerprint density at radius 3 is 1.60 bits per heavy atom. The van der Waals surface area contributed by atoms with Gasteiger partial charge in [-0.05, 0) is 75.5 Å². The first kappa shape index (κ1) is 39.3. The molecule has 2 atom stereocenters. The number of hydrogen-bond donors (Lipinski definition) is 1. The van der Waals surface area contributed by atoms with Crippen LogP contribution in [0.4, 0.5) is 5.69 Å². The standard InChI is InChI=1S/C14H15N.C9H12O2.C9H6O2.C8H19N.CH4/c1-11-2-4-12(5-3-11)10-13-6-8-14(15)9-7-13;2*10-8-5-9(11)7-4-2-1-3-6(7)8;1-4-7-8-9(5-2)6-3;/h2-9H,10,15H2,1H3;6-7H,1-5H2;1-4H,5H2;4-8H2,1-3H3;1H4. The molecule has 254 valence electrons. The number of Topliss-reactive ketones (excluding diaryl/α,β-unsaturated/α-hetero) is 4. The first-order valence-corrected chi connectivity index (χ1v) is 17.0. The highest BCUT2D eigenvalue weighted by molar-refractivity contribution is 6.24. The molecule has 3 aliphatic rings. The van der Waals surface area contributed by atoms with Gasteiger partial charge in [-0.2, -0.15) is 0 Å². The lowest BCUT2D eigenvalue weighted by Crippen LogP contribution is -2.23. The zero-order valence-corrected chi connectivity index (χ0v) is 28.2. The van der Waals surface area contributed by atoms with E-state index in [0.29, 0.717) is 11.1 Å². The number of hydrogen-bond acceptors (Lipinski definition) is 6. The maximum atomic E-state index is 11.2. The normalized spacial score (nSPS) is 17.6. The summed E-state index contributed by atoms with van der Waals surface area (Å²) < 4.78 is 0. The van der Waals surface area contributed by atoms with E-state index in [1.54, 1.807) is 24.3 Å². The third kappa shape index (κ3) is 12.3. The van der Waals surface area contributed by atoms with Crippen LogP contribution in [0.3, 0.4) is 0 Å². The first-order chi connectivity index (χ1) is 22.2. The van der Waals surface area contributed by atoms with E-state index in [0.717, 1.165) is 37.8 Å². The number of nitrogens with two attached hydrogens (primary N) is 1. The van der Waals surface area contributed by atoms with Crippen LogP contribution in [0.2, 0.25) is 0 Å². The second kappa shape index (κ2) is 20.4. The van der Waals surface area contributed by atoms with Crippen molar-refractivity contribution < 1.29 is 19.2 Å². The van der Waals surface area contributed by atoms with Gasteiger partial charge in [-0.15, -0.1) is 0 Å². The van der Waals surface area contributed by atoms with Crippen molar-refractivity contribution in [1.82, 2.24) is 4.90 Å². The molecule has 0 aliphatic heterocycles. The minimum absolute atomic E-state index is 0. The molecule has 6 heteroatoms. The largest absolute Gasteiger partial charge is 0.399 e. The van der Waals surface area contributed by atoms with E-state index in [2.05, 4.69) is 69.0 Å². The zero-order chi connectivity index (χ0) is 33.5. The van der Waals surface area contributed by atoms with Crippen LogP contribution in [0.1, 0.15) is 117 Å². The van der Waals surface area contributed by atoms with Crippen molar-refractivity contribution in [1.29, 1.82) is 0 Å². The average Bonchev–Trinajstić information content (AvgIpc) is 3.54. The fourth-order valence-corrected chi connectivity index (χ4v) is 6.14. The molecule has 2 saturated carbocycles. The highest BCUT2D eigenvalue weighted by Crippen LogP contribution is 2.37. The Morgan fingerprint density at radius 2 is 1.15 bits per heavy atom. The van der Waals surface area contributed by atoms with Gasteiger partial charge in [0.1, 0.15) is 11.6 Å². The number of nitrogens with zero attached hydrogens (tertiary/aromatic N) is 1. The highest BCUT2D eigenvalue weighted by atomic mass is 16.2. The lowest BCUT2D eigenvalue weighted by atomic mass is 9.81. The molecule has 0 radical (unpaired) electrons. The van der Waals surface area contributed by atoms with Crippen LogP contribution in [0.5, 0.6) is 0 Å². The number of anilines is 1. The van der Waals surface area contributed by atoms with Gasteiger partial charge in [0.2, 0.25) is 0 Å². The van der Waals surface area contributed by atoms with Gasteiger partial charge in [0.05, 0.1) is 12.8 Å². The summed E-state index contributed by atoms with van der Waals surface area (Å²) in [5.74, 6) is 0.558. The third-order valence-corrected chi connectivity index (χ3v) is 9.02. The van der Waals surface area contributed by atoms with E-state index in [1.165, 1.54) is 49.2 Å². The van der Waals surface area contributed by atoms with Crippen LogP contribution < -0.4 is 5.73 Å². The van der Waals surface area contributed by atoms with Crippen molar-refractivity contribution in [2.75, 3.05) is 25.4 Å². The molecule has 2 unspecified atom stereocenters. The third-order valence-electron chi connectivity index (χ3n) is 9.02. The zero-order valence-electron chi connectivity index (χ0n) is 28.2. The molecule has 3 aromatic rings. The average molecular weight is 641 g/mol. The van der Waals surface area contributed by atoms with Gasteiger partial charge in [0, 0.05) is 28.7 Å². The lowest BCUT2D eigenvalue weighted by molar-refractivity contribution is -0.122. The molecule has 3 aromatic carbocycles. The van der Waals surface area contributed by atoms with Gasteiger partial charge in [-0.1, -0.05) is 114 Å².